The van der Waals surface area contributed by atoms with Gasteiger partial charge in [0, 0.05) is 10.7 Å². The number of aromatic nitrogens is 5. The fourth-order valence-corrected chi connectivity index (χ4v) is 3.38. The normalized spacial score (nSPS) is 12.1. The molecule has 3 N–H and O–H groups in total. The maximum absolute atomic E-state index is 12.2. The van der Waals surface area contributed by atoms with E-state index in [1.165, 1.54) is 16.4 Å². The Morgan fingerprint density at radius 1 is 1.30 bits per heavy atom. The lowest BCUT2D eigenvalue weighted by molar-refractivity contribution is -0.119. The molecule has 0 unspecified atom stereocenters. The number of nitrogens with one attached hydrogen (secondary N) is 1. The summed E-state index contributed by atoms with van der Waals surface area (Å²) in [5.74, 6) is 6.52. The molecule has 0 saturated heterocycles. The van der Waals surface area contributed by atoms with Crippen LogP contribution >= 0.6 is 23.4 Å². The molecule has 0 aliphatic carbocycles. The topological polar surface area (TPSA) is 104 Å². The molecule has 0 spiro atoms. The van der Waals surface area contributed by atoms with E-state index in [9.17, 15) is 4.79 Å². The van der Waals surface area contributed by atoms with Gasteiger partial charge in [-0.1, -0.05) is 35.5 Å². The fourth-order valence-electron chi connectivity index (χ4n) is 2.59. The summed E-state index contributed by atoms with van der Waals surface area (Å²) in [5, 5.41) is 16.5. The molecular formula is C17H20ClN7OS. The van der Waals surface area contributed by atoms with Gasteiger partial charge in [0.15, 0.2) is 0 Å². The Hall–Kier alpha value is -2.52. The lowest BCUT2D eigenvalue weighted by Gasteiger charge is -2.14. The molecule has 2 heterocycles. The van der Waals surface area contributed by atoms with Crippen molar-refractivity contribution in [3.63, 3.8) is 0 Å². The number of hydrogen-bond acceptors (Lipinski definition) is 6. The minimum absolute atomic E-state index is 0.127. The molecule has 0 saturated carbocycles. The summed E-state index contributed by atoms with van der Waals surface area (Å²) in [6, 6.07) is 9.16. The summed E-state index contributed by atoms with van der Waals surface area (Å²) in [7, 11) is 0. The number of carbonyl (C=O) groups excluding carboxylic acids is 1. The van der Waals surface area contributed by atoms with Gasteiger partial charge in [-0.25, -0.2) is 9.36 Å². The highest BCUT2D eigenvalue weighted by Gasteiger charge is 2.17. The van der Waals surface area contributed by atoms with Crippen LogP contribution in [-0.2, 0) is 4.79 Å². The molecule has 0 radical (unpaired) electrons. The number of nitrogens with two attached hydrogens (primary N) is 1. The molecule has 3 rings (SSSR count). The first-order valence-electron chi connectivity index (χ1n) is 8.27. The van der Waals surface area contributed by atoms with Gasteiger partial charge in [0.25, 0.3) is 5.95 Å². The molecule has 1 amide bonds. The van der Waals surface area contributed by atoms with Crippen molar-refractivity contribution in [1.82, 2.24) is 30.0 Å². The first kappa shape index (κ1) is 19.2. The third-order valence-corrected chi connectivity index (χ3v) is 5.12. The van der Waals surface area contributed by atoms with E-state index in [1.54, 1.807) is 16.8 Å². The van der Waals surface area contributed by atoms with Crippen LogP contribution in [0.2, 0.25) is 5.02 Å². The van der Waals surface area contributed by atoms with Gasteiger partial charge in [-0.05, 0) is 44.5 Å². The lowest BCUT2D eigenvalue weighted by Crippen LogP contribution is -2.28. The van der Waals surface area contributed by atoms with Crippen molar-refractivity contribution in [2.24, 2.45) is 0 Å². The van der Waals surface area contributed by atoms with E-state index in [1.807, 2.05) is 39.0 Å². The van der Waals surface area contributed by atoms with Gasteiger partial charge in [0.2, 0.25) is 11.1 Å². The highest BCUT2D eigenvalue weighted by molar-refractivity contribution is 7.99. The number of carbonyl (C=O) groups is 1. The minimum Gasteiger partial charge on any atom is -0.349 e. The summed E-state index contributed by atoms with van der Waals surface area (Å²) in [6.07, 6.45) is 0. The Morgan fingerprint density at radius 2 is 2.00 bits per heavy atom. The Balaban J connectivity index is 1.61. The lowest BCUT2D eigenvalue weighted by atomic mass is 10.1. The molecule has 0 aliphatic rings. The second-order valence-corrected chi connectivity index (χ2v) is 7.50. The highest BCUT2D eigenvalue weighted by atomic mass is 35.5. The van der Waals surface area contributed by atoms with E-state index < -0.39 is 0 Å². The fraction of sp³-hybridized carbons (Fsp3) is 0.294. The number of benzene rings is 1. The third kappa shape index (κ3) is 4.42. The molecule has 1 aromatic carbocycles. The number of amides is 1. The van der Waals surface area contributed by atoms with E-state index in [-0.39, 0.29) is 17.7 Å². The first-order valence-corrected chi connectivity index (χ1v) is 9.63. The third-order valence-electron chi connectivity index (χ3n) is 3.93. The number of thioether (sulfide) groups is 1. The molecule has 0 aliphatic heterocycles. The highest BCUT2D eigenvalue weighted by Crippen LogP contribution is 2.19. The number of aryl methyl sites for hydroxylation is 2. The second-order valence-electron chi connectivity index (χ2n) is 6.12. The number of rotatable bonds is 6. The van der Waals surface area contributed by atoms with Gasteiger partial charge in [-0.2, -0.15) is 5.10 Å². The second kappa shape index (κ2) is 8.01. The van der Waals surface area contributed by atoms with Gasteiger partial charge >= 0.3 is 0 Å². The SMILES string of the molecule is Cc1cc(C)n(-c2nnc(SCC(=O)N[C@@H](C)c3ccc(Cl)cc3)n2N)n1. The van der Waals surface area contributed by atoms with Gasteiger partial charge in [0.05, 0.1) is 17.5 Å². The van der Waals surface area contributed by atoms with E-state index in [0.29, 0.717) is 16.1 Å². The summed E-state index contributed by atoms with van der Waals surface area (Å²) < 4.78 is 2.95. The molecule has 0 fully saturated rings. The summed E-state index contributed by atoms with van der Waals surface area (Å²) in [4.78, 5) is 12.2. The molecule has 27 heavy (non-hydrogen) atoms. The monoisotopic (exact) mass is 405 g/mol. The Bertz CT molecular complexity index is 951. The molecule has 142 valence electrons. The summed E-state index contributed by atoms with van der Waals surface area (Å²) in [5.41, 5.74) is 2.74. The Labute approximate surface area is 166 Å². The average molecular weight is 406 g/mol. The summed E-state index contributed by atoms with van der Waals surface area (Å²) in [6.45, 7) is 5.72. The smallest absolute Gasteiger partial charge is 0.271 e. The minimum atomic E-state index is -0.128. The van der Waals surface area contributed by atoms with Crippen LogP contribution in [0.15, 0.2) is 35.5 Å². The zero-order chi connectivity index (χ0) is 19.6. The quantitative estimate of drug-likeness (QED) is 0.482. The Morgan fingerprint density at radius 3 is 2.63 bits per heavy atom. The number of nitrogens with zero attached hydrogens (tertiary/aromatic N) is 5. The van der Waals surface area contributed by atoms with Crippen LogP contribution in [0, 0.1) is 13.8 Å². The van der Waals surface area contributed by atoms with Crippen molar-refractivity contribution in [3.05, 3.63) is 52.3 Å². The van der Waals surface area contributed by atoms with Crippen LogP contribution in [0.25, 0.3) is 5.95 Å². The van der Waals surface area contributed by atoms with Crippen LogP contribution in [0.4, 0.5) is 0 Å². The number of hydrogen-bond donors (Lipinski definition) is 2. The van der Waals surface area contributed by atoms with Crippen LogP contribution in [0.5, 0.6) is 0 Å². The largest absolute Gasteiger partial charge is 0.349 e. The molecule has 2 aromatic heterocycles. The maximum Gasteiger partial charge on any atom is 0.271 e. The van der Waals surface area contributed by atoms with E-state index in [4.69, 9.17) is 17.4 Å². The van der Waals surface area contributed by atoms with Gasteiger partial charge in [0.1, 0.15) is 0 Å². The van der Waals surface area contributed by atoms with Crippen molar-refractivity contribution in [1.29, 1.82) is 0 Å². The first-order chi connectivity index (χ1) is 12.8. The number of nitrogen functional groups attached to an aromatic ring is 1. The zero-order valence-corrected chi connectivity index (χ0v) is 16.8. The summed E-state index contributed by atoms with van der Waals surface area (Å²) >= 11 is 7.10. The molecule has 3 aromatic rings. The maximum atomic E-state index is 12.2. The molecule has 8 nitrogen and oxygen atoms in total. The van der Waals surface area contributed by atoms with E-state index >= 15 is 0 Å². The van der Waals surface area contributed by atoms with Crippen LogP contribution in [-0.4, -0.2) is 36.3 Å². The standard InChI is InChI=1S/C17H20ClN7OS/c1-10-8-11(2)25(23-10)16-21-22-17(24(16)19)27-9-15(26)20-12(3)13-4-6-14(18)7-5-13/h4-8,12H,9,19H2,1-3H3,(H,20,26)/t12-/m0/s1. The number of halogens is 1. The molecular weight excluding hydrogens is 386 g/mol. The van der Waals surface area contributed by atoms with E-state index in [0.717, 1.165) is 17.0 Å². The van der Waals surface area contributed by atoms with Crippen molar-refractivity contribution >= 4 is 29.3 Å². The predicted molar refractivity (Wildman–Crippen MR) is 106 cm³/mol. The van der Waals surface area contributed by atoms with Gasteiger partial charge in [-0.15, -0.1) is 10.2 Å². The predicted octanol–water partition coefficient (Wildman–Crippen LogP) is 2.42. The Kier molecular flexibility index (Phi) is 5.71. The average Bonchev–Trinajstić information content (AvgIpc) is 3.14. The van der Waals surface area contributed by atoms with Crippen LogP contribution in [0.1, 0.15) is 29.9 Å². The van der Waals surface area contributed by atoms with E-state index in [2.05, 4.69) is 20.6 Å². The zero-order valence-electron chi connectivity index (χ0n) is 15.2. The van der Waals surface area contributed by atoms with Gasteiger partial charge in [-0.3, -0.25) is 4.79 Å². The van der Waals surface area contributed by atoms with Crippen molar-refractivity contribution in [3.8, 4) is 5.95 Å². The van der Waals surface area contributed by atoms with Crippen LogP contribution in [0.3, 0.4) is 0 Å². The van der Waals surface area contributed by atoms with Crippen molar-refractivity contribution in [2.75, 3.05) is 11.6 Å². The molecule has 1 atom stereocenters. The molecule has 0 bridgehead atoms. The van der Waals surface area contributed by atoms with Gasteiger partial charge < -0.3 is 11.2 Å². The van der Waals surface area contributed by atoms with Crippen LogP contribution < -0.4 is 11.2 Å². The van der Waals surface area contributed by atoms with Crippen molar-refractivity contribution in [2.45, 2.75) is 32.0 Å². The van der Waals surface area contributed by atoms with Crippen molar-refractivity contribution < 1.29 is 4.79 Å². The molecule has 10 heteroatoms.